The van der Waals surface area contributed by atoms with Crippen molar-refractivity contribution in [1.29, 1.82) is 0 Å². The number of carbonyl (C=O) groups excluding carboxylic acids is 6. The van der Waals surface area contributed by atoms with Crippen LogP contribution in [0.5, 0.6) is 0 Å². The fraction of sp³-hybridized carbons (Fsp3) is 0.643. The monoisotopic (exact) mass is 596 g/mol. The molecule has 11 atom stereocenters. The molecule has 1 saturated heterocycles. The highest BCUT2D eigenvalue weighted by Crippen LogP contribution is 2.75. The van der Waals surface area contributed by atoms with Crippen molar-refractivity contribution in [2.75, 3.05) is 6.61 Å². The van der Waals surface area contributed by atoms with Crippen LogP contribution in [-0.4, -0.2) is 82.2 Å². The first-order valence-corrected chi connectivity index (χ1v) is 13.5. The molecule has 1 heterocycles. The summed E-state index contributed by atoms with van der Waals surface area (Å²) < 4.78 is 27.1. The zero-order valence-corrected chi connectivity index (χ0v) is 24.3. The lowest BCUT2D eigenvalue weighted by Gasteiger charge is -2.47. The Labute approximate surface area is 241 Å². The summed E-state index contributed by atoms with van der Waals surface area (Å²) in [7, 11) is 0. The maximum atomic E-state index is 13.9. The summed E-state index contributed by atoms with van der Waals surface area (Å²) in [4.78, 5) is 75.5. The van der Waals surface area contributed by atoms with Crippen molar-refractivity contribution in [3.8, 4) is 0 Å². The van der Waals surface area contributed by atoms with Crippen LogP contribution in [0.1, 0.15) is 41.5 Å². The number of halogens is 1. The fourth-order valence-corrected chi connectivity index (χ4v) is 7.41. The van der Waals surface area contributed by atoms with Crippen molar-refractivity contribution in [2.24, 2.45) is 29.1 Å². The number of ether oxygens (including phenoxy) is 5. The van der Waals surface area contributed by atoms with E-state index >= 15 is 0 Å². The number of ketones is 1. The fourth-order valence-electron chi connectivity index (χ4n) is 7.03. The number of rotatable bonds is 5. The molecule has 13 heteroatoms. The van der Waals surface area contributed by atoms with Crippen LogP contribution < -0.4 is 0 Å². The number of hydrogen-bond donors (Lipinski definition) is 1. The van der Waals surface area contributed by atoms with E-state index < -0.39 is 106 Å². The highest BCUT2D eigenvalue weighted by Gasteiger charge is 2.84. The Morgan fingerprint density at radius 3 is 2.24 bits per heavy atom. The average molecular weight is 597 g/mol. The smallest absolute Gasteiger partial charge is 0.344 e. The average Bonchev–Trinajstić information content (AvgIpc) is 3.32. The van der Waals surface area contributed by atoms with Crippen LogP contribution >= 0.6 is 11.6 Å². The molecule has 1 N–H and O–H groups in total. The third-order valence-electron chi connectivity index (χ3n) is 8.96. The van der Waals surface area contributed by atoms with Gasteiger partial charge in [0.2, 0.25) is 0 Å². The number of alkyl halides is 1. The lowest BCUT2D eigenvalue weighted by atomic mass is 9.66. The molecule has 4 rings (SSSR count). The van der Waals surface area contributed by atoms with Gasteiger partial charge in [0.05, 0.1) is 17.2 Å². The second-order valence-electron chi connectivity index (χ2n) is 11.5. The molecule has 0 aromatic heterocycles. The van der Waals surface area contributed by atoms with Crippen LogP contribution in [0.3, 0.4) is 0 Å². The van der Waals surface area contributed by atoms with E-state index in [2.05, 4.69) is 6.58 Å². The molecule has 12 nitrogen and oxygen atoms in total. The topological polar surface area (TPSA) is 169 Å². The number of aliphatic hydroxyl groups is 1. The van der Waals surface area contributed by atoms with Gasteiger partial charge in [0.1, 0.15) is 12.2 Å². The predicted molar refractivity (Wildman–Crippen MR) is 138 cm³/mol. The maximum Gasteiger partial charge on any atom is 0.344 e. The summed E-state index contributed by atoms with van der Waals surface area (Å²) in [5.41, 5.74) is -5.35. The predicted octanol–water partition coefficient (Wildman–Crippen LogP) is 1.19. The van der Waals surface area contributed by atoms with Gasteiger partial charge >= 0.3 is 29.8 Å². The first-order valence-electron chi connectivity index (χ1n) is 13.1. The third kappa shape index (κ3) is 4.64. The van der Waals surface area contributed by atoms with Crippen LogP contribution in [0.25, 0.3) is 0 Å². The molecule has 0 amide bonds. The molecular weight excluding hydrogens is 564 g/mol. The van der Waals surface area contributed by atoms with Crippen molar-refractivity contribution in [3.63, 3.8) is 0 Å². The van der Waals surface area contributed by atoms with Crippen molar-refractivity contribution < 1.29 is 57.6 Å². The van der Waals surface area contributed by atoms with Crippen LogP contribution in [0.2, 0.25) is 0 Å². The molecule has 41 heavy (non-hydrogen) atoms. The van der Waals surface area contributed by atoms with Gasteiger partial charge in [0.15, 0.2) is 29.7 Å². The minimum atomic E-state index is -2.42. The van der Waals surface area contributed by atoms with E-state index in [0.29, 0.717) is 0 Å². The molecule has 224 valence electrons. The summed E-state index contributed by atoms with van der Waals surface area (Å²) >= 11 is 6.77. The van der Waals surface area contributed by atoms with E-state index in [1.165, 1.54) is 26.8 Å². The van der Waals surface area contributed by atoms with E-state index in [1.54, 1.807) is 13.0 Å². The first-order chi connectivity index (χ1) is 18.9. The normalized spacial score (nSPS) is 43.5. The second kappa shape index (κ2) is 10.2. The molecule has 1 aliphatic heterocycles. The van der Waals surface area contributed by atoms with Gasteiger partial charge in [-0.25, -0.2) is 4.79 Å². The Morgan fingerprint density at radius 1 is 1.05 bits per heavy atom. The molecule has 3 fully saturated rings. The molecule has 0 aromatic carbocycles. The van der Waals surface area contributed by atoms with Gasteiger partial charge in [-0.05, 0) is 36.8 Å². The number of esters is 5. The van der Waals surface area contributed by atoms with E-state index in [1.807, 2.05) is 0 Å². The standard InChI is InChI=1S/C28H33ClO12/c1-11-17(38-14(4)31)9-8-16-19-22(34)27(7,41-15(5)32)21(26(16,19)6)24(39-18(33)10-37-13(3)30)28(36)12(2)25(35)40-23(28)20(11)29/h8-9,12,16-17,19-21,23-24,36H,1,10H2,2-7H3/b9-8+/t12?,16-,17?,19-,20?,21?,23?,24+,26-,27-,28?/m0/s1. The molecule has 0 aromatic rings. The molecule has 0 radical (unpaired) electrons. The van der Waals surface area contributed by atoms with E-state index in [9.17, 15) is 33.9 Å². The Bertz CT molecular complexity index is 1260. The Kier molecular flexibility index (Phi) is 7.66. The van der Waals surface area contributed by atoms with Crippen LogP contribution in [0.15, 0.2) is 24.3 Å². The quantitative estimate of drug-likeness (QED) is 0.208. The van der Waals surface area contributed by atoms with Gasteiger partial charge in [-0.1, -0.05) is 19.6 Å². The zero-order chi connectivity index (χ0) is 30.8. The SMILES string of the molecule is C=C1C(OC(C)=O)/C=C/[C@H]2[C@H]3C(=O)[C@@](C)(OC(C)=O)C([C@@H](OC(=O)COC(C)=O)C4(O)C(C)C(=O)OC4C1Cl)[C@]32C. The van der Waals surface area contributed by atoms with Gasteiger partial charge in [0, 0.05) is 26.7 Å². The zero-order valence-electron chi connectivity index (χ0n) is 23.5. The first kappa shape index (κ1) is 30.7. The van der Waals surface area contributed by atoms with Gasteiger partial charge in [0.25, 0.3) is 0 Å². The summed E-state index contributed by atoms with van der Waals surface area (Å²) in [5.74, 6) is -8.60. The molecule has 2 saturated carbocycles. The van der Waals surface area contributed by atoms with Crippen LogP contribution in [-0.2, 0) is 52.5 Å². The van der Waals surface area contributed by atoms with E-state index in [0.717, 1.165) is 13.8 Å². The number of hydrogen-bond acceptors (Lipinski definition) is 12. The van der Waals surface area contributed by atoms with E-state index in [4.69, 9.17) is 35.3 Å². The largest absolute Gasteiger partial charge is 0.457 e. The Balaban J connectivity index is 1.96. The second-order valence-corrected chi connectivity index (χ2v) is 11.9. The Hall–Kier alpha value is -3.25. The third-order valence-corrected chi connectivity index (χ3v) is 9.47. The number of Topliss-reactive ketones (excluding diaryl/α,β-unsaturated/α-hetero) is 1. The molecular formula is C28H33ClO12. The lowest BCUT2D eigenvalue weighted by molar-refractivity contribution is -0.217. The minimum Gasteiger partial charge on any atom is -0.457 e. The Morgan fingerprint density at radius 2 is 1.68 bits per heavy atom. The van der Waals surface area contributed by atoms with Crippen molar-refractivity contribution in [3.05, 3.63) is 24.3 Å². The summed E-state index contributed by atoms with van der Waals surface area (Å²) in [6.45, 7) is 10.9. The van der Waals surface area contributed by atoms with Crippen molar-refractivity contribution in [2.45, 2.75) is 76.4 Å². The highest BCUT2D eigenvalue weighted by atomic mass is 35.5. The van der Waals surface area contributed by atoms with Gasteiger partial charge in [-0.15, -0.1) is 11.6 Å². The highest BCUT2D eigenvalue weighted by molar-refractivity contribution is 6.23. The number of carbonyl (C=O) groups is 6. The number of fused-ring (bicyclic) bond motifs is 2. The van der Waals surface area contributed by atoms with E-state index in [-0.39, 0.29) is 5.57 Å². The molecule has 6 unspecified atom stereocenters. The van der Waals surface area contributed by atoms with Crippen LogP contribution in [0.4, 0.5) is 0 Å². The number of allylic oxidation sites excluding steroid dienone is 1. The molecule has 3 aliphatic carbocycles. The van der Waals surface area contributed by atoms with Gasteiger partial charge < -0.3 is 28.8 Å². The minimum absolute atomic E-state index is 0.0547. The maximum absolute atomic E-state index is 13.9. The molecule has 4 aliphatic rings. The molecule has 0 spiro atoms. The van der Waals surface area contributed by atoms with Gasteiger partial charge in [-0.2, -0.15) is 0 Å². The summed E-state index contributed by atoms with van der Waals surface area (Å²) in [5, 5.41) is 11.1. The van der Waals surface area contributed by atoms with Gasteiger partial charge in [-0.3, -0.25) is 24.0 Å². The lowest BCUT2D eigenvalue weighted by Crippen LogP contribution is -2.65. The molecule has 0 bridgehead atoms. The van der Waals surface area contributed by atoms with Crippen LogP contribution in [0, 0.1) is 29.1 Å². The summed E-state index contributed by atoms with van der Waals surface area (Å²) in [6, 6.07) is 0. The van der Waals surface area contributed by atoms with Crippen molar-refractivity contribution in [1.82, 2.24) is 0 Å². The van der Waals surface area contributed by atoms with Crippen molar-refractivity contribution >= 4 is 47.2 Å². The summed E-state index contributed by atoms with van der Waals surface area (Å²) in [6.07, 6.45) is -1.31.